The Kier molecular flexibility index (Phi) is 4.80. The van der Waals surface area contributed by atoms with Gasteiger partial charge in [0.1, 0.15) is 15.0 Å². The molecule has 1 saturated heterocycles. The van der Waals surface area contributed by atoms with Gasteiger partial charge in [0.2, 0.25) is 5.95 Å². The third-order valence-corrected chi connectivity index (χ3v) is 8.01. The molecular weight excluding hydrogens is 456 g/mol. The molecule has 1 fully saturated rings. The molecule has 2 aliphatic rings. The van der Waals surface area contributed by atoms with Crippen LogP contribution in [0, 0.1) is 6.92 Å². The number of anilines is 1. The molecule has 0 unspecified atom stereocenters. The predicted molar refractivity (Wildman–Crippen MR) is 134 cm³/mol. The molecule has 170 valence electrons. The first kappa shape index (κ1) is 21.1. The van der Waals surface area contributed by atoms with E-state index in [1.54, 1.807) is 4.57 Å². The molecule has 1 aromatic carbocycles. The van der Waals surface area contributed by atoms with Crippen LogP contribution in [-0.2, 0) is 17.8 Å². The molecule has 0 atom stereocenters. The van der Waals surface area contributed by atoms with Crippen molar-refractivity contribution in [1.29, 1.82) is 0 Å². The van der Waals surface area contributed by atoms with Crippen LogP contribution < -0.4 is 10.5 Å². The van der Waals surface area contributed by atoms with Gasteiger partial charge in [0, 0.05) is 41.2 Å². The van der Waals surface area contributed by atoms with E-state index in [2.05, 4.69) is 18.7 Å². The van der Waals surface area contributed by atoms with Gasteiger partial charge in [0.05, 0.1) is 17.9 Å². The highest BCUT2D eigenvalue weighted by atomic mass is 35.5. The average Bonchev–Trinajstić information content (AvgIpc) is 3.41. The van der Waals surface area contributed by atoms with Crippen molar-refractivity contribution in [2.24, 2.45) is 0 Å². The molecule has 2 aliphatic heterocycles. The molecule has 3 aromatic heterocycles. The number of hydrogen-bond donors (Lipinski definition) is 0. The number of fused-ring (bicyclic) bond motifs is 5. The van der Waals surface area contributed by atoms with Gasteiger partial charge in [-0.1, -0.05) is 17.7 Å². The lowest BCUT2D eigenvalue weighted by Gasteiger charge is -2.32. The predicted octanol–water partition coefficient (Wildman–Crippen LogP) is 5.41. The van der Waals surface area contributed by atoms with E-state index in [0.717, 1.165) is 65.0 Å². The molecule has 0 aliphatic carbocycles. The minimum Gasteiger partial charge on any atom is -0.370 e. The Morgan fingerprint density at radius 3 is 2.70 bits per heavy atom. The summed E-state index contributed by atoms with van der Waals surface area (Å²) in [4.78, 5) is 27.1. The summed E-state index contributed by atoms with van der Waals surface area (Å²) in [5.41, 5.74) is 4.49. The van der Waals surface area contributed by atoms with Crippen molar-refractivity contribution in [3.63, 3.8) is 0 Å². The molecule has 0 saturated carbocycles. The lowest BCUT2D eigenvalue weighted by atomic mass is 9.89. The molecule has 33 heavy (non-hydrogen) atoms. The second-order valence-electron chi connectivity index (χ2n) is 9.57. The van der Waals surface area contributed by atoms with Crippen molar-refractivity contribution in [1.82, 2.24) is 14.5 Å². The summed E-state index contributed by atoms with van der Waals surface area (Å²) in [5.74, 6) is 0.688. The maximum Gasteiger partial charge on any atom is 0.277 e. The van der Waals surface area contributed by atoms with Gasteiger partial charge >= 0.3 is 0 Å². The molecule has 0 N–H and O–H groups in total. The van der Waals surface area contributed by atoms with Gasteiger partial charge in [-0.3, -0.25) is 4.79 Å². The van der Waals surface area contributed by atoms with Crippen molar-refractivity contribution in [2.75, 3.05) is 18.0 Å². The fourth-order valence-electron chi connectivity index (χ4n) is 5.05. The Bertz CT molecular complexity index is 1480. The fraction of sp³-hybridized carbons (Fsp3) is 0.400. The highest BCUT2D eigenvalue weighted by Crippen LogP contribution is 2.40. The van der Waals surface area contributed by atoms with Crippen LogP contribution in [0.25, 0.3) is 26.1 Å². The molecule has 0 spiro atoms. The van der Waals surface area contributed by atoms with E-state index in [1.165, 1.54) is 16.9 Å². The summed E-state index contributed by atoms with van der Waals surface area (Å²) in [6.07, 6.45) is 2.96. The smallest absolute Gasteiger partial charge is 0.277 e. The Morgan fingerprint density at radius 1 is 1.15 bits per heavy atom. The van der Waals surface area contributed by atoms with Gasteiger partial charge in [0.15, 0.2) is 0 Å². The van der Waals surface area contributed by atoms with Crippen LogP contribution in [0.4, 0.5) is 5.95 Å². The zero-order valence-electron chi connectivity index (χ0n) is 18.9. The third kappa shape index (κ3) is 3.36. The minimum atomic E-state index is -0.268. The molecule has 8 heteroatoms. The Hall–Kier alpha value is -2.48. The number of benzene rings is 1. The van der Waals surface area contributed by atoms with E-state index in [4.69, 9.17) is 26.3 Å². The molecular formula is C25H25ClN4O2S. The number of hydrogen-bond acceptors (Lipinski definition) is 6. The summed E-state index contributed by atoms with van der Waals surface area (Å²) in [7, 11) is 0. The van der Waals surface area contributed by atoms with Crippen molar-refractivity contribution in [2.45, 2.75) is 52.2 Å². The van der Waals surface area contributed by atoms with E-state index in [1.807, 2.05) is 31.2 Å². The van der Waals surface area contributed by atoms with Gasteiger partial charge in [-0.05, 0) is 57.4 Å². The number of aryl methyl sites for hydroxylation is 1. The van der Waals surface area contributed by atoms with Crippen molar-refractivity contribution < 1.29 is 4.74 Å². The van der Waals surface area contributed by atoms with Crippen LogP contribution in [0.5, 0.6) is 0 Å². The monoisotopic (exact) mass is 480 g/mol. The molecule has 5 heterocycles. The van der Waals surface area contributed by atoms with Gasteiger partial charge in [-0.25, -0.2) is 14.5 Å². The zero-order chi connectivity index (χ0) is 22.9. The first-order chi connectivity index (χ1) is 15.8. The van der Waals surface area contributed by atoms with Crippen LogP contribution in [0.2, 0.25) is 5.02 Å². The summed E-state index contributed by atoms with van der Waals surface area (Å²) in [5, 5.41) is 1.61. The van der Waals surface area contributed by atoms with Crippen LogP contribution in [0.1, 0.15) is 43.5 Å². The first-order valence-corrected chi connectivity index (χ1v) is 12.5. The van der Waals surface area contributed by atoms with Crippen molar-refractivity contribution >= 4 is 49.3 Å². The number of aromatic nitrogens is 3. The third-order valence-electron chi connectivity index (χ3n) is 6.71. The molecule has 6 rings (SSSR count). The summed E-state index contributed by atoms with van der Waals surface area (Å²) in [6.45, 7) is 8.56. The summed E-state index contributed by atoms with van der Waals surface area (Å²) < 4.78 is 8.44. The lowest BCUT2D eigenvalue weighted by molar-refractivity contribution is -0.0400. The fourth-order valence-corrected chi connectivity index (χ4v) is 6.36. The Balaban J connectivity index is 1.72. The van der Waals surface area contributed by atoms with Gasteiger partial charge in [-0.2, -0.15) is 0 Å². The number of ether oxygens (including phenoxy) is 1. The number of thiophene rings is 1. The van der Waals surface area contributed by atoms with Crippen molar-refractivity contribution in [3.05, 3.63) is 56.5 Å². The number of pyridine rings is 1. The van der Waals surface area contributed by atoms with E-state index < -0.39 is 0 Å². The van der Waals surface area contributed by atoms with Crippen LogP contribution >= 0.6 is 22.9 Å². The van der Waals surface area contributed by atoms with Crippen LogP contribution in [-0.4, -0.2) is 33.2 Å². The maximum absolute atomic E-state index is 14.0. The Labute approximate surface area is 200 Å². The Morgan fingerprint density at radius 2 is 1.94 bits per heavy atom. The largest absolute Gasteiger partial charge is 0.370 e. The van der Waals surface area contributed by atoms with Gasteiger partial charge in [0.25, 0.3) is 5.56 Å². The standard InChI is InChI=1S/C25H25ClN4O2S/c1-14-18-13-32-25(2,3)12-17(18)19-20-21(33-22(19)27-14)23(31)30(16-8-6-7-15(26)11-16)24(28-20)29-9-4-5-10-29/h6-8,11H,4-5,9-10,12-13H2,1-3H3. The maximum atomic E-state index is 14.0. The second-order valence-corrected chi connectivity index (χ2v) is 11.0. The summed E-state index contributed by atoms with van der Waals surface area (Å²) in [6, 6.07) is 7.43. The zero-order valence-corrected chi connectivity index (χ0v) is 20.5. The van der Waals surface area contributed by atoms with E-state index in [0.29, 0.717) is 22.3 Å². The average molecular weight is 481 g/mol. The molecule has 0 amide bonds. The molecule has 6 nitrogen and oxygen atoms in total. The highest BCUT2D eigenvalue weighted by molar-refractivity contribution is 7.25. The lowest BCUT2D eigenvalue weighted by Crippen LogP contribution is -2.32. The van der Waals surface area contributed by atoms with Crippen molar-refractivity contribution in [3.8, 4) is 5.69 Å². The highest BCUT2D eigenvalue weighted by Gasteiger charge is 2.32. The molecule has 0 radical (unpaired) electrons. The quantitative estimate of drug-likeness (QED) is 0.384. The van der Waals surface area contributed by atoms with E-state index in [-0.39, 0.29) is 11.2 Å². The minimum absolute atomic E-state index is 0.0649. The van der Waals surface area contributed by atoms with Gasteiger partial charge in [-0.15, -0.1) is 11.3 Å². The first-order valence-electron chi connectivity index (χ1n) is 11.3. The second kappa shape index (κ2) is 7.52. The number of halogens is 1. The number of rotatable bonds is 2. The van der Waals surface area contributed by atoms with Gasteiger partial charge < -0.3 is 9.64 Å². The normalized spacial score (nSPS) is 17.8. The van der Waals surface area contributed by atoms with Crippen LogP contribution in [0.3, 0.4) is 0 Å². The topological polar surface area (TPSA) is 60.2 Å². The summed E-state index contributed by atoms with van der Waals surface area (Å²) >= 11 is 7.74. The molecule has 0 bridgehead atoms. The molecule has 4 aromatic rings. The SMILES string of the molecule is Cc1nc2sc3c(=O)n(-c4cccc(Cl)c4)c(N4CCCC4)nc3c2c2c1COC(C)(C)C2. The van der Waals surface area contributed by atoms with E-state index in [9.17, 15) is 4.79 Å². The van der Waals surface area contributed by atoms with E-state index >= 15 is 0 Å². The number of nitrogens with zero attached hydrogens (tertiary/aromatic N) is 4. The van der Waals surface area contributed by atoms with Crippen LogP contribution in [0.15, 0.2) is 29.1 Å².